The highest BCUT2D eigenvalue weighted by molar-refractivity contribution is 5.35. The topological polar surface area (TPSA) is 29.0 Å². The van der Waals surface area contributed by atoms with E-state index in [0.717, 1.165) is 0 Å². The van der Waals surface area contributed by atoms with Crippen molar-refractivity contribution in [1.82, 2.24) is 9.97 Å². The van der Waals surface area contributed by atoms with Gasteiger partial charge in [-0.15, -0.1) is 0 Å². The second-order valence-corrected chi connectivity index (χ2v) is 3.87. The molecular weight excluding hydrogens is 219 g/mol. The zero-order valence-electron chi connectivity index (χ0n) is 8.61. The number of piperidine rings is 1. The van der Waals surface area contributed by atoms with E-state index < -0.39 is 12.1 Å². The van der Waals surface area contributed by atoms with Crippen LogP contribution >= 0.6 is 0 Å². The lowest BCUT2D eigenvalue weighted by atomic mass is 9.96. The Hall–Kier alpha value is -1.33. The van der Waals surface area contributed by atoms with Gasteiger partial charge >= 0.3 is 6.18 Å². The van der Waals surface area contributed by atoms with Gasteiger partial charge in [0.1, 0.15) is 5.82 Å². The molecule has 1 saturated heterocycles. The highest BCUT2D eigenvalue weighted by Crippen LogP contribution is 2.34. The van der Waals surface area contributed by atoms with Crippen LogP contribution in [0.2, 0.25) is 0 Å². The summed E-state index contributed by atoms with van der Waals surface area (Å²) in [7, 11) is 0. The fourth-order valence-corrected chi connectivity index (χ4v) is 1.89. The lowest BCUT2D eigenvalue weighted by Crippen LogP contribution is -2.39. The smallest absolute Gasteiger partial charge is 0.355 e. The molecule has 1 aromatic rings. The molecule has 0 spiro atoms. The molecule has 0 atom stereocenters. The van der Waals surface area contributed by atoms with Gasteiger partial charge in [-0.2, -0.15) is 13.2 Å². The molecule has 2 heterocycles. The SMILES string of the molecule is FC(F)(F)C1CCN(c2cnccn2)CC1. The van der Waals surface area contributed by atoms with E-state index in [1.165, 1.54) is 0 Å². The minimum absolute atomic E-state index is 0.139. The maximum atomic E-state index is 12.4. The van der Waals surface area contributed by atoms with Crippen molar-refractivity contribution < 1.29 is 13.2 Å². The number of hydrogen-bond donors (Lipinski definition) is 0. The Balaban J connectivity index is 1.96. The minimum Gasteiger partial charge on any atom is -0.355 e. The van der Waals surface area contributed by atoms with Crippen molar-refractivity contribution in [2.45, 2.75) is 19.0 Å². The first-order chi connectivity index (χ1) is 7.57. The van der Waals surface area contributed by atoms with Crippen molar-refractivity contribution in [3.05, 3.63) is 18.6 Å². The molecule has 0 amide bonds. The number of rotatable bonds is 1. The van der Waals surface area contributed by atoms with E-state index in [9.17, 15) is 13.2 Å². The van der Waals surface area contributed by atoms with Gasteiger partial charge in [0.2, 0.25) is 0 Å². The monoisotopic (exact) mass is 231 g/mol. The van der Waals surface area contributed by atoms with Gasteiger partial charge in [-0.1, -0.05) is 0 Å². The van der Waals surface area contributed by atoms with E-state index in [1.807, 2.05) is 4.90 Å². The zero-order chi connectivity index (χ0) is 11.6. The Labute approximate surface area is 91.3 Å². The average Bonchev–Trinajstić information content (AvgIpc) is 2.29. The van der Waals surface area contributed by atoms with Gasteiger partial charge in [0.05, 0.1) is 12.1 Å². The number of anilines is 1. The highest BCUT2D eigenvalue weighted by Gasteiger charge is 2.41. The number of hydrogen-bond acceptors (Lipinski definition) is 3. The minimum atomic E-state index is -4.06. The summed E-state index contributed by atoms with van der Waals surface area (Å²) in [5.74, 6) is -0.511. The molecule has 2 rings (SSSR count). The fraction of sp³-hybridized carbons (Fsp3) is 0.600. The maximum absolute atomic E-state index is 12.4. The lowest BCUT2D eigenvalue weighted by Gasteiger charge is -2.33. The van der Waals surface area contributed by atoms with Crippen molar-refractivity contribution in [2.75, 3.05) is 18.0 Å². The summed E-state index contributed by atoms with van der Waals surface area (Å²) in [5, 5.41) is 0. The molecule has 1 aromatic heterocycles. The van der Waals surface area contributed by atoms with Crippen molar-refractivity contribution in [1.29, 1.82) is 0 Å². The van der Waals surface area contributed by atoms with E-state index in [2.05, 4.69) is 9.97 Å². The molecule has 3 nitrogen and oxygen atoms in total. The first kappa shape index (κ1) is 11.2. The van der Waals surface area contributed by atoms with Crippen molar-refractivity contribution in [3.63, 3.8) is 0 Å². The Morgan fingerprint density at radius 3 is 2.38 bits per heavy atom. The van der Waals surface area contributed by atoms with Crippen LogP contribution in [0.5, 0.6) is 0 Å². The van der Waals surface area contributed by atoms with Gasteiger partial charge in [0.15, 0.2) is 0 Å². The summed E-state index contributed by atoms with van der Waals surface area (Å²) in [6, 6.07) is 0. The van der Waals surface area contributed by atoms with Crippen LogP contribution in [0.4, 0.5) is 19.0 Å². The van der Waals surface area contributed by atoms with Crippen molar-refractivity contribution in [3.8, 4) is 0 Å². The molecule has 0 aliphatic carbocycles. The standard InChI is InChI=1S/C10H12F3N3/c11-10(12,13)8-1-5-16(6-2-8)9-7-14-3-4-15-9/h3-4,7-8H,1-2,5-6H2. The number of halogens is 3. The number of nitrogens with zero attached hydrogens (tertiary/aromatic N) is 3. The van der Waals surface area contributed by atoms with Crippen LogP contribution in [-0.4, -0.2) is 29.2 Å². The Bertz CT molecular complexity index is 331. The molecule has 16 heavy (non-hydrogen) atoms. The van der Waals surface area contributed by atoms with Crippen LogP contribution in [0, 0.1) is 5.92 Å². The summed E-state index contributed by atoms with van der Waals surface area (Å²) in [4.78, 5) is 9.82. The van der Waals surface area contributed by atoms with Gasteiger partial charge in [-0.25, -0.2) is 4.98 Å². The molecule has 0 saturated carbocycles. The van der Waals surface area contributed by atoms with Crippen LogP contribution in [0.15, 0.2) is 18.6 Å². The number of alkyl halides is 3. The first-order valence-corrected chi connectivity index (χ1v) is 5.15. The van der Waals surface area contributed by atoms with Gasteiger partial charge in [0, 0.05) is 25.5 Å². The quantitative estimate of drug-likeness (QED) is 0.742. The first-order valence-electron chi connectivity index (χ1n) is 5.15. The Morgan fingerprint density at radius 1 is 1.19 bits per heavy atom. The average molecular weight is 231 g/mol. The van der Waals surface area contributed by atoms with Crippen LogP contribution < -0.4 is 4.90 Å². The largest absolute Gasteiger partial charge is 0.391 e. The van der Waals surface area contributed by atoms with E-state index in [4.69, 9.17) is 0 Å². The third kappa shape index (κ3) is 2.43. The molecule has 88 valence electrons. The van der Waals surface area contributed by atoms with Gasteiger partial charge < -0.3 is 4.90 Å². The Kier molecular flexibility index (Phi) is 2.98. The molecule has 1 aliphatic heterocycles. The summed E-state index contributed by atoms with van der Waals surface area (Å²) in [6.07, 6.45) is 0.889. The second kappa shape index (κ2) is 4.27. The summed E-state index contributed by atoms with van der Waals surface area (Å²) in [5.41, 5.74) is 0. The maximum Gasteiger partial charge on any atom is 0.391 e. The van der Waals surface area contributed by atoms with Gasteiger partial charge in [-0.05, 0) is 12.8 Å². The Morgan fingerprint density at radius 2 is 1.88 bits per heavy atom. The third-order valence-corrected chi connectivity index (χ3v) is 2.83. The molecule has 0 unspecified atom stereocenters. The molecule has 6 heteroatoms. The van der Waals surface area contributed by atoms with Gasteiger partial charge in [0.25, 0.3) is 0 Å². The summed E-state index contributed by atoms with van der Waals surface area (Å²) >= 11 is 0. The summed E-state index contributed by atoms with van der Waals surface area (Å²) in [6.45, 7) is 0.783. The number of aromatic nitrogens is 2. The predicted molar refractivity (Wildman–Crippen MR) is 53.0 cm³/mol. The van der Waals surface area contributed by atoms with Crippen LogP contribution in [0.3, 0.4) is 0 Å². The van der Waals surface area contributed by atoms with Gasteiger partial charge in [-0.3, -0.25) is 4.98 Å². The highest BCUT2D eigenvalue weighted by atomic mass is 19.4. The van der Waals surface area contributed by atoms with Crippen LogP contribution in [-0.2, 0) is 0 Å². The molecule has 0 aromatic carbocycles. The second-order valence-electron chi connectivity index (χ2n) is 3.87. The predicted octanol–water partition coefficient (Wildman–Crippen LogP) is 2.26. The summed E-state index contributed by atoms with van der Waals surface area (Å²) < 4.78 is 37.3. The molecule has 1 aliphatic rings. The van der Waals surface area contributed by atoms with E-state index in [1.54, 1.807) is 18.6 Å². The van der Waals surface area contributed by atoms with Crippen LogP contribution in [0.25, 0.3) is 0 Å². The molecule has 1 fully saturated rings. The molecule has 0 radical (unpaired) electrons. The van der Waals surface area contributed by atoms with Crippen molar-refractivity contribution >= 4 is 5.82 Å². The van der Waals surface area contributed by atoms with E-state index >= 15 is 0 Å². The van der Waals surface area contributed by atoms with Crippen LogP contribution in [0.1, 0.15) is 12.8 Å². The fourth-order valence-electron chi connectivity index (χ4n) is 1.89. The van der Waals surface area contributed by atoms with E-state index in [-0.39, 0.29) is 12.8 Å². The zero-order valence-corrected chi connectivity index (χ0v) is 8.61. The molecule has 0 bridgehead atoms. The molecule has 0 N–H and O–H groups in total. The van der Waals surface area contributed by atoms with Crippen molar-refractivity contribution in [2.24, 2.45) is 5.92 Å². The lowest BCUT2D eigenvalue weighted by molar-refractivity contribution is -0.179. The molecular formula is C10H12F3N3. The van der Waals surface area contributed by atoms with E-state index in [0.29, 0.717) is 18.9 Å². The third-order valence-electron chi connectivity index (χ3n) is 2.83. The normalized spacial score (nSPS) is 18.8.